The molecule has 0 radical (unpaired) electrons. The molecule has 1 N–H and O–H groups in total. The first-order chi connectivity index (χ1) is 12.2. The molecule has 2 aromatic rings. The Morgan fingerprint density at radius 1 is 1.08 bits per heavy atom. The highest BCUT2D eigenvalue weighted by molar-refractivity contribution is 9.10. The lowest BCUT2D eigenvalue weighted by Gasteiger charge is -2.17. The molecule has 0 aliphatic rings. The molecule has 26 heavy (non-hydrogen) atoms. The largest absolute Gasteiger partial charge is 0.325 e. The zero-order valence-corrected chi connectivity index (χ0v) is 17.3. The zero-order chi connectivity index (χ0) is 19.3. The molecule has 0 aliphatic heterocycles. The summed E-state index contributed by atoms with van der Waals surface area (Å²) in [7, 11) is 1.26. The van der Waals surface area contributed by atoms with Gasteiger partial charge in [0.15, 0.2) is 0 Å². The van der Waals surface area contributed by atoms with Crippen molar-refractivity contribution in [1.82, 2.24) is 9.21 Å². The Kier molecular flexibility index (Phi) is 6.94. The summed E-state index contributed by atoms with van der Waals surface area (Å²) in [5.41, 5.74) is 1.55. The smallest absolute Gasteiger partial charge is 0.242 e. The van der Waals surface area contributed by atoms with E-state index in [1.165, 1.54) is 26.2 Å². The fourth-order valence-electron chi connectivity index (χ4n) is 2.35. The molecule has 0 aliphatic carbocycles. The third-order valence-electron chi connectivity index (χ3n) is 3.68. The molecule has 0 bridgehead atoms. The highest BCUT2D eigenvalue weighted by Gasteiger charge is 2.17. The van der Waals surface area contributed by atoms with Crippen molar-refractivity contribution < 1.29 is 13.2 Å². The van der Waals surface area contributed by atoms with Gasteiger partial charge in [-0.05, 0) is 42.9 Å². The quantitative estimate of drug-likeness (QED) is 0.719. The summed E-state index contributed by atoms with van der Waals surface area (Å²) in [6, 6.07) is 14.1. The number of benzene rings is 2. The molecular weight excluding hydrogens is 418 g/mol. The van der Waals surface area contributed by atoms with Crippen molar-refractivity contribution in [3.63, 3.8) is 0 Å². The van der Waals surface area contributed by atoms with Gasteiger partial charge in [0.1, 0.15) is 0 Å². The topological polar surface area (TPSA) is 69.7 Å². The number of halogens is 1. The van der Waals surface area contributed by atoms with Crippen molar-refractivity contribution in [3.8, 4) is 0 Å². The normalized spacial score (nSPS) is 11.8. The van der Waals surface area contributed by atoms with Gasteiger partial charge < -0.3 is 5.32 Å². The summed E-state index contributed by atoms with van der Waals surface area (Å²) in [5.74, 6) is -0.205. The maximum absolute atomic E-state index is 12.2. The Morgan fingerprint density at radius 3 is 2.35 bits per heavy atom. The number of carbonyl (C=O) groups excluding carboxylic acids is 1. The molecule has 1 amide bonds. The summed E-state index contributed by atoms with van der Waals surface area (Å²) < 4.78 is 26.5. The first kappa shape index (κ1) is 20.6. The van der Waals surface area contributed by atoms with Gasteiger partial charge in [0.2, 0.25) is 15.9 Å². The van der Waals surface area contributed by atoms with E-state index in [4.69, 9.17) is 0 Å². The molecule has 0 spiro atoms. The van der Waals surface area contributed by atoms with Crippen LogP contribution < -0.4 is 5.32 Å². The molecule has 0 saturated carbocycles. The zero-order valence-electron chi connectivity index (χ0n) is 14.9. The molecule has 0 unspecified atom stereocenters. The second-order valence-corrected chi connectivity index (χ2v) is 9.23. The van der Waals surface area contributed by atoms with E-state index in [1.807, 2.05) is 36.2 Å². The third-order valence-corrected chi connectivity index (χ3v) is 6.02. The maximum Gasteiger partial charge on any atom is 0.242 e. The molecule has 0 saturated heterocycles. The number of anilines is 1. The van der Waals surface area contributed by atoms with Crippen LogP contribution in [0.2, 0.25) is 0 Å². The van der Waals surface area contributed by atoms with E-state index in [0.29, 0.717) is 12.2 Å². The number of nitrogens with one attached hydrogen (secondary N) is 1. The molecule has 0 fully saturated rings. The number of likely N-dealkylation sites (N-methyl/N-ethyl adjacent to an activating group) is 1. The minimum Gasteiger partial charge on any atom is -0.325 e. The number of amides is 1. The number of hydrogen-bond acceptors (Lipinski definition) is 4. The molecule has 0 aromatic heterocycles. The average Bonchev–Trinajstić information content (AvgIpc) is 2.56. The van der Waals surface area contributed by atoms with Crippen molar-refractivity contribution >= 4 is 37.5 Å². The Balaban J connectivity index is 1.98. The number of carbonyl (C=O) groups is 1. The minimum atomic E-state index is -3.53. The SMILES string of the molecule is CN(CC(=O)Nc1cccc(S(=O)(=O)N(C)C)c1)Cc1ccc(Br)cc1. The van der Waals surface area contributed by atoms with Crippen molar-refractivity contribution in [1.29, 1.82) is 0 Å². The number of nitrogens with zero attached hydrogens (tertiary/aromatic N) is 2. The van der Waals surface area contributed by atoms with Gasteiger partial charge in [-0.1, -0.05) is 34.1 Å². The summed E-state index contributed by atoms with van der Waals surface area (Å²) in [6.45, 7) is 0.830. The molecule has 140 valence electrons. The standard InChI is InChI=1S/C18H22BrN3O3S/c1-21(2)26(24,25)17-6-4-5-16(11-17)20-18(23)13-22(3)12-14-7-9-15(19)10-8-14/h4-11H,12-13H2,1-3H3,(H,20,23). The minimum absolute atomic E-state index is 0.142. The van der Waals surface area contributed by atoms with E-state index in [9.17, 15) is 13.2 Å². The van der Waals surface area contributed by atoms with Crippen molar-refractivity contribution in [2.75, 3.05) is 33.0 Å². The number of rotatable bonds is 7. The predicted molar refractivity (Wildman–Crippen MR) is 106 cm³/mol. The molecule has 2 rings (SSSR count). The van der Waals surface area contributed by atoms with Gasteiger partial charge in [-0.25, -0.2) is 12.7 Å². The van der Waals surface area contributed by atoms with Gasteiger partial charge in [0.05, 0.1) is 11.4 Å². The van der Waals surface area contributed by atoms with Crippen molar-refractivity contribution in [2.45, 2.75) is 11.4 Å². The summed E-state index contributed by atoms with van der Waals surface area (Å²) in [4.78, 5) is 14.3. The van der Waals surface area contributed by atoms with Crippen LogP contribution in [0.4, 0.5) is 5.69 Å². The second kappa shape index (κ2) is 8.77. The highest BCUT2D eigenvalue weighted by Crippen LogP contribution is 2.18. The molecule has 2 aromatic carbocycles. The van der Waals surface area contributed by atoms with Crippen LogP contribution in [0.15, 0.2) is 57.9 Å². The maximum atomic E-state index is 12.2. The van der Waals surface area contributed by atoms with Crippen LogP contribution in [-0.4, -0.2) is 51.2 Å². The van der Waals surface area contributed by atoms with Crippen molar-refractivity contribution in [2.24, 2.45) is 0 Å². The van der Waals surface area contributed by atoms with Crippen LogP contribution in [0.5, 0.6) is 0 Å². The van der Waals surface area contributed by atoms with Gasteiger partial charge in [-0.15, -0.1) is 0 Å². The van der Waals surface area contributed by atoms with E-state index in [0.717, 1.165) is 14.3 Å². The van der Waals surface area contributed by atoms with Crippen LogP contribution in [0.25, 0.3) is 0 Å². The number of sulfonamides is 1. The fraction of sp³-hybridized carbons (Fsp3) is 0.278. The van der Waals surface area contributed by atoms with Crippen LogP contribution in [0, 0.1) is 0 Å². The van der Waals surface area contributed by atoms with Crippen LogP contribution >= 0.6 is 15.9 Å². The van der Waals surface area contributed by atoms with E-state index in [2.05, 4.69) is 21.2 Å². The molecular formula is C18H22BrN3O3S. The van der Waals surface area contributed by atoms with Gasteiger partial charge in [-0.2, -0.15) is 0 Å². The average molecular weight is 440 g/mol. The van der Waals surface area contributed by atoms with E-state index in [-0.39, 0.29) is 17.3 Å². The first-order valence-electron chi connectivity index (χ1n) is 7.94. The first-order valence-corrected chi connectivity index (χ1v) is 10.2. The summed E-state index contributed by atoms with van der Waals surface area (Å²) in [5, 5.41) is 2.75. The monoisotopic (exact) mass is 439 g/mol. The second-order valence-electron chi connectivity index (χ2n) is 6.16. The fourth-order valence-corrected chi connectivity index (χ4v) is 3.56. The predicted octanol–water partition coefficient (Wildman–Crippen LogP) is 2.77. The Hall–Kier alpha value is -1.74. The van der Waals surface area contributed by atoms with Gasteiger partial charge in [0, 0.05) is 30.8 Å². The molecule has 8 heteroatoms. The highest BCUT2D eigenvalue weighted by atomic mass is 79.9. The summed E-state index contributed by atoms with van der Waals surface area (Å²) in [6.07, 6.45) is 0. The number of hydrogen-bond donors (Lipinski definition) is 1. The Labute approximate surface area is 163 Å². The third kappa shape index (κ3) is 5.63. The van der Waals surface area contributed by atoms with E-state index >= 15 is 0 Å². The van der Waals surface area contributed by atoms with E-state index in [1.54, 1.807) is 12.1 Å². The van der Waals surface area contributed by atoms with Crippen LogP contribution in [-0.2, 0) is 21.4 Å². The van der Waals surface area contributed by atoms with Crippen LogP contribution in [0.1, 0.15) is 5.56 Å². The van der Waals surface area contributed by atoms with Crippen LogP contribution in [0.3, 0.4) is 0 Å². The lowest BCUT2D eigenvalue weighted by atomic mass is 10.2. The van der Waals surface area contributed by atoms with Gasteiger partial charge in [0.25, 0.3) is 0 Å². The van der Waals surface area contributed by atoms with Gasteiger partial charge >= 0.3 is 0 Å². The van der Waals surface area contributed by atoms with Crippen molar-refractivity contribution in [3.05, 3.63) is 58.6 Å². The summed E-state index contributed by atoms with van der Waals surface area (Å²) >= 11 is 3.39. The lowest BCUT2D eigenvalue weighted by molar-refractivity contribution is -0.117. The molecule has 6 nitrogen and oxygen atoms in total. The Bertz CT molecular complexity index is 868. The lowest BCUT2D eigenvalue weighted by Crippen LogP contribution is -2.30. The van der Waals surface area contributed by atoms with E-state index < -0.39 is 10.0 Å². The molecule has 0 heterocycles. The Morgan fingerprint density at radius 2 is 1.73 bits per heavy atom. The molecule has 0 atom stereocenters. The van der Waals surface area contributed by atoms with Gasteiger partial charge in [-0.3, -0.25) is 9.69 Å².